The highest BCUT2D eigenvalue weighted by Gasteiger charge is 2.51. The maximum Gasteiger partial charge on any atom is 0.351 e. The molecule has 164 valence electrons. The number of hydrogen-bond acceptors (Lipinski definition) is 6. The van der Waals surface area contributed by atoms with Gasteiger partial charge in [-0.2, -0.15) is 0 Å². The van der Waals surface area contributed by atoms with Crippen molar-refractivity contribution in [2.45, 2.75) is 58.3 Å². The first-order chi connectivity index (χ1) is 14.8. The van der Waals surface area contributed by atoms with E-state index in [2.05, 4.69) is 0 Å². The molecule has 0 bridgehead atoms. The summed E-state index contributed by atoms with van der Waals surface area (Å²) in [5, 5.41) is 0. The van der Waals surface area contributed by atoms with Crippen LogP contribution in [0.1, 0.15) is 44.7 Å². The van der Waals surface area contributed by atoms with Gasteiger partial charge in [0.05, 0.1) is 0 Å². The molecule has 2 aromatic carbocycles. The van der Waals surface area contributed by atoms with Crippen molar-refractivity contribution in [1.29, 1.82) is 0 Å². The van der Waals surface area contributed by atoms with Crippen molar-refractivity contribution >= 4 is 11.9 Å². The van der Waals surface area contributed by atoms with E-state index in [1.54, 1.807) is 0 Å². The van der Waals surface area contributed by atoms with Gasteiger partial charge in [-0.25, -0.2) is 9.59 Å². The summed E-state index contributed by atoms with van der Waals surface area (Å²) in [6.07, 6.45) is 0.675. The molecule has 2 heterocycles. The highest BCUT2D eigenvalue weighted by Crippen LogP contribution is 2.40. The summed E-state index contributed by atoms with van der Waals surface area (Å²) in [4.78, 5) is 25.2. The minimum Gasteiger partial charge on any atom is -0.489 e. The first-order valence-electron chi connectivity index (χ1n) is 10.7. The van der Waals surface area contributed by atoms with Gasteiger partial charge < -0.3 is 18.9 Å². The van der Waals surface area contributed by atoms with E-state index in [4.69, 9.17) is 18.9 Å². The second-order valence-corrected chi connectivity index (χ2v) is 8.88. The quantitative estimate of drug-likeness (QED) is 0.646. The SMILES string of the molecule is CC[C@@]1(C(=O)O[C@H]2C(=O)OCC2(C)C)CCc2ccc(OCc3ccccc3)cc2O1. The molecule has 2 aliphatic rings. The van der Waals surface area contributed by atoms with Crippen LogP contribution in [0.15, 0.2) is 48.5 Å². The van der Waals surface area contributed by atoms with Gasteiger partial charge in [0.1, 0.15) is 24.7 Å². The van der Waals surface area contributed by atoms with Gasteiger partial charge in [-0.1, -0.05) is 57.2 Å². The molecule has 1 saturated heterocycles. The lowest BCUT2D eigenvalue weighted by Gasteiger charge is -2.37. The number of rotatable bonds is 6. The third-order valence-electron chi connectivity index (χ3n) is 6.07. The van der Waals surface area contributed by atoms with E-state index in [1.165, 1.54) is 0 Å². The summed E-state index contributed by atoms with van der Waals surface area (Å²) < 4.78 is 22.9. The average molecular weight is 424 g/mol. The number of aryl methyl sites for hydroxylation is 1. The van der Waals surface area contributed by atoms with Crippen LogP contribution < -0.4 is 9.47 Å². The highest BCUT2D eigenvalue weighted by atomic mass is 16.6. The summed E-state index contributed by atoms with van der Waals surface area (Å²) in [6.45, 7) is 6.26. The zero-order valence-corrected chi connectivity index (χ0v) is 18.2. The van der Waals surface area contributed by atoms with Gasteiger partial charge in [-0.05, 0) is 30.0 Å². The summed E-state index contributed by atoms with van der Waals surface area (Å²) in [7, 11) is 0. The van der Waals surface area contributed by atoms with E-state index in [1.807, 2.05) is 69.3 Å². The Bertz CT molecular complexity index is 967. The lowest BCUT2D eigenvalue weighted by atomic mass is 9.87. The van der Waals surface area contributed by atoms with E-state index in [0.29, 0.717) is 37.4 Å². The molecule has 0 N–H and O–H groups in total. The molecule has 0 amide bonds. The zero-order valence-electron chi connectivity index (χ0n) is 18.2. The predicted octanol–water partition coefficient (Wildman–Crippen LogP) is 4.23. The fourth-order valence-corrected chi connectivity index (χ4v) is 3.95. The molecular formula is C25H28O6. The molecular weight excluding hydrogens is 396 g/mol. The number of esters is 2. The molecule has 4 rings (SSSR count). The van der Waals surface area contributed by atoms with Crippen molar-refractivity contribution in [2.75, 3.05) is 6.61 Å². The van der Waals surface area contributed by atoms with Crippen LogP contribution in [-0.4, -0.2) is 30.3 Å². The van der Waals surface area contributed by atoms with Gasteiger partial charge in [-0.15, -0.1) is 0 Å². The van der Waals surface area contributed by atoms with Crippen molar-refractivity contribution in [3.63, 3.8) is 0 Å². The smallest absolute Gasteiger partial charge is 0.351 e. The molecule has 6 nitrogen and oxygen atoms in total. The molecule has 0 radical (unpaired) electrons. The van der Waals surface area contributed by atoms with Crippen LogP contribution in [0.3, 0.4) is 0 Å². The Morgan fingerprint density at radius 2 is 1.94 bits per heavy atom. The Labute approximate surface area is 182 Å². The molecule has 2 aromatic rings. The molecule has 1 fully saturated rings. The van der Waals surface area contributed by atoms with E-state index in [9.17, 15) is 9.59 Å². The van der Waals surface area contributed by atoms with E-state index < -0.39 is 29.1 Å². The van der Waals surface area contributed by atoms with E-state index in [0.717, 1.165) is 11.1 Å². The number of hydrogen-bond donors (Lipinski definition) is 0. The minimum absolute atomic E-state index is 0.231. The Kier molecular flexibility index (Phi) is 5.65. The lowest BCUT2D eigenvalue weighted by molar-refractivity contribution is -0.178. The van der Waals surface area contributed by atoms with Crippen LogP contribution in [0.4, 0.5) is 0 Å². The summed E-state index contributed by atoms with van der Waals surface area (Å²) in [5.41, 5.74) is 0.389. The molecule has 2 aliphatic heterocycles. The molecule has 0 unspecified atom stereocenters. The first-order valence-corrected chi connectivity index (χ1v) is 10.7. The first kappa shape index (κ1) is 21.2. The second-order valence-electron chi connectivity index (χ2n) is 8.88. The van der Waals surface area contributed by atoms with Crippen LogP contribution in [0, 0.1) is 5.41 Å². The van der Waals surface area contributed by atoms with Crippen LogP contribution in [-0.2, 0) is 32.1 Å². The van der Waals surface area contributed by atoms with Gasteiger partial charge >= 0.3 is 11.9 Å². The molecule has 0 aromatic heterocycles. The monoisotopic (exact) mass is 424 g/mol. The van der Waals surface area contributed by atoms with Crippen molar-refractivity contribution in [3.8, 4) is 11.5 Å². The van der Waals surface area contributed by atoms with Crippen molar-refractivity contribution in [3.05, 3.63) is 59.7 Å². The van der Waals surface area contributed by atoms with Gasteiger partial charge in [-0.3, -0.25) is 0 Å². The number of fused-ring (bicyclic) bond motifs is 1. The summed E-state index contributed by atoms with van der Waals surface area (Å²) in [6, 6.07) is 15.6. The number of carbonyl (C=O) groups is 2. The molecule has 0 saturated carbocycles. The van der Waals surface area contributed by atoms with Gasteiger partial charge in [0.25, 0.3) is 0 Å². The molecule has 2 atom stereocenters. The Morgan fingerprint density at radius 3 is 2.61 bits per heavy atom. The maximum atomic E-state index is 13.2. The normalized spacial score (nSPS) is 24.0. The predicted molar refractivity (Wildman–Crippen MR) is 114 cm³/mol. The molecule has 0 spiro atoms. The molecule has 31 heavy (non-hydrogen) atoms. The number of ether oxygens (including phenoxy) is 4. The van der Waals surface area contributed by atoms with Crippen LogP contribution in [0.5, 0.6) is 11.5 Å². The second kappa shape index (κ2) is 8.25. The van der Waals surface area contributed by atoms with E-state index in [-0.39, 0.29) is 6.61 Å². The fourth-order valence-electron chi connectivity index (χ4n) is 3.95. The van der Waals surface area contributed by atoms with Gasteiger partial charge in [0, 0.05) is 17.9 Å². The number of cyclic esters (lactones) is 1. The van der Waals surface area contributed by atoms with Crippen LogP contribution in [0.2, 0.25) is 0 Å². The molecule has 6 heteroatoms. The number of carbonyl (C=O) groups excluding carboxylic acids is 2. The maximum absolute atomic E-state index is 13.2. The number of benzene rings is 2. The lowest BCUT2D eigenvalue weighted by Crippen LogP contribution is -2.50. The topological polar surface area (TPSA) is 71.1 Å². The van der Waals surface area contributed by atoms with E-state index >= 15 is 0 Å². The Balaban J connectivity index is 1.49. The highest BCUT2D eigenvalue weighted by molar-refractivity contribution is 5.86. The van der Waals surface area contributed by atoms with Crippen LogP contribution in [0.25, 0.3) is 0 Å². The van der Waals surface area contributed by atoms with Crippen molar-refractivity contribution < 1.29 is 28.5 Å². The third-order valence-corrected chi connectivity index (χ3v) is 6.07. The fraction of sp³-hybridized carbons (Fsp3) is 0.440. The zero-order chi connectivity index (χ0) is 22.1. The molecule has 0 aliphatic carbocycles. The standard InChI is InChI=1S/C25H28O6/c1-4-25(23(27)30-21-22(26)29-16-24(21,2)3)13-12-18-10-11-19(14-20(18)31-25)28-15-17-8-6-5-7-9-17/h5-11,14,21H,4,12-13,15-16H2,1-3H3/t21-,25-/m0/s1. The average Bonchev–Trinajstić information content (AvgIpc) is 3.04. The van der Waals surface area contributed by atoms with Crippen molar-refractivity contribution in [1.82, 2.24) is 0 Å². The third kappa shape index (κ3) is 4.24. The Hall–Kier alpha value is -3.02. The minimum atomic E-state index is -1.13. The Morgan fingerprint density at radius 1 is 1.16 bits per heavy atom. The van der Waals surface area contributed by atoms with Gasteiger partial charge in [0.2, 0.25) is 11.7 Å². The summed E-state index contributed by atoms with van der Waals surface area (Å²) >= 11 is 0. The van der Waals surface area contributed by atoms with Crippen LogP contribution >= 0.6 is 0 Å². The van der Waals surface area contributed by atoms with Gasteiger partial charge in [0.15, 0.2) is 0 Å². The largest absolute Gasteiger partial charge is 0.489 e. The summed E-state index contributed by atoms with van der Waals surface area (Å²) in [5.74, 6) is 0.262. The van der Waals surface area contributed by atoms with Crippen molar-refractivity contribution in [2.24, 2.45) is 5.41 Å².